The lowest BCUT2D eigenvalue weighted by Crippen LogP contribution is -2.35. The lowest BCUT2D eigenvalue weighted by molar-refractivity contribution is -0.684. The minimum atomic E-state index is -4.05. The first-order valence-corrected chi connectivity index (χ1v) is 15.5. The number of pyridine rings is 1. The molecule has 0 bridgehead atoms. The number of ether oxygens (including phenoxy) is 1. The van der Waals surface area contributed by atoms with Gasteiger partial charge in [0.25, 0.3) is 21.9 Å². The second kappa shape index (κ2) is 12.9. The normalized spacial score (nSPS) is 19.0. The first-order valence-electron chi connectivity index (χ1n) is 13.9. The monoisotopic (exact) mass is 602 g/mol. The molecule has 0 atom stereocenters. The highest BCUT2D eigenvalue weighted by molar-refractivity contribution is 7.85. The lowest BCUT2D eigenvalue weighted by atomic mass is 9.82. The van der Waals surface area contributed by atoms with Gasteiger partial charge >= 0.3 is 11.8 Å². The van der Waals surface area contributed by atoms with Crippen LogP contribution < -0.4 is 4.57 Å². The van der Waals surface area contributed by atoms with E-state index < -0.39 is 27.9 Å². The zero-order chi connectivity index (χ0) is 30.5. The second-order valence-electron chi connectivity index (χ2n) is 10.8. The third-order valence-corrected chi connectivity index (χ3v) is 7.90. The van der Waals surface area contributed by atoms with Gasteiger partial charge in [0.1, 0.15) is 0 Å². The Balaban J connectivity index is 1.32. The van der Waals surface area contributed by atoms with Crippen LogP contribution in [0.5, 0.6) is 0 Å². The number of allylic oxidation sites excluding steroid dienone is 3. The van der Waals surface area contributed by atoms with Crippen molar-refractivity contribution in [1.82, 2.24) is 10.1 Å². The highest BCUT2D eigenvalue weighted by atomic mass is 32.2. The fourth-order valence-electron chi connectivity index (χ4n) is 4.85. The number of imide groups is 1. The summed E-state index contributed by atoms with van der Waals surface area (Å²) < 4.78 is 38.8. The van der Waals surface area contributed by atoms with Gasteiger partial charge in [-0.15, -0.1) is 10.2 Å². The number of hydroxylamine groups is 2. The van der Waals surface area contributed by atoms with E-state index in [1.165, 1.54) is 0 Å². The van der Waals surface area contributed by atoms with E-state index in [0.717, 1.165) is 29.9 Å². The predicted molar refractivity (Wildman–Crippen MR) is 152 cm³/mol. The first-order chi connectivity index (χ1) is 19.8. The van der Waals surface area contributed by atoms with Crippen molar-refractivity contribution >= 4 is 45.3 Å². The van der Waals surface area contributed by atoms with Crippen LogP contribution in [-0.2, 0) is 46.0 Å². The van der Waals surface area contributed by atoms with Gasteiger partial charge < -0.3 is 9.57 Å². The summed E-state index contributed by atoms with van der Waals surface area (Å²) in [6.07, 6.45) is 10.0. The number of carbonyl (C=O) groups excluding carboxylic acids is 3. The van der Waals surface area contributed by atoms with E-state index >= 15 is 0 Å². The number of aryl methyl sites for hydroxylation is 1. The van der Waals surface area contributed by atoms with Crippen molar-refractivity contribution < 1.29 is 41.5 Å². The molecule has 4 heterocycles. The minimum Gasteiger partial charge on any atom is -0.424 e. The van der Waals surface area contributed by atoms with Gasteiger partial charge in [-0.1, -0.05) is 6.08 Å². The molecule has 42 heavy (non-hydrogen) atoms. The van der Waals surface area contributed by atoms with Crippen molar-refractivity contribution in [2.75, 3.05) is 12.3 Å². The average molecular weight is 603 g/mol. The van der Waals surface area contributed by atoms with Crippen molar-refractivity contribution in [3.63, 3.8) is 0 Å². The smallest absolute Gasteiger partial charge is 0.333 e. The fraction of sp³-hybridized carbons (Fsp3) is 0.500. The Kier molecular flexibility index (Phi) is 9.57. The highest BCUT2D eigenvalue weighted by Crippen LogP contribution is 2.38. The zero-order valence-electron chi connectivity index (χ0n) is 24.0. The largest absolute Gasteiger partial charge is 0.424 e. The second-order valence-corrected chi connectivity index (χ2v) is 12.3. The molecule has 3 aliphatic heterocycles. The number of carbonyl (C=O) groups is 3. The Labute approximate surface area is 244 Å². The third-order valence-electron chi connectivity index (χ3n) is 7.09. The number of hydrazone groups is 1. The van der Waals surface area contributed by atoms with Gasteiger partial charge in [0.05, 0.1) is 29.5 Å². The van der Waals surface area contributed by atoms with E-state index in [-0.39, 0.29) is 43.4 Å². The van der Waals surface area contributed by atoms with Crippen LogP contribution in [0.4, 0.5) is 5.82 Å². The molecule has 14 heteroatoms. The number of amides is 2. The molecule has 0 spiro atoms. The molecule has 2 amide bonds. The number of aliphatic imine (C=N–C) groups is 1. The summed E-state index contributed by atoms with van der Waals surface area (Å²) in [5.74, 6) is -0.167. The Morgan fingerprint density at radius 3 is 2.64 bits per heavy atom. The number of hydrogen-bond donors (Lipinski definition) is 1. The summed E-state index contributed by atoms with van der Waals surface area (Å²) in [4.78, 5) is 45.0. The first kappa shape index (κ1) is 31.0. The van der Waals surface area contributed by atoms with Crippen LogP contribution in [0, 0.1) is 0 Å². The van der Waals surface area contributed by atoms with Gasteiger partial charge in [0.15, 0.2) is 5.71 Å². The number of rotatable bonds is 13. The van der Waals surface area contributed by atoms with Gasteiger partial charge in [-0.2, -0.15) is 8.42 Å². The van der Waals surface area contributed by atoms with Gasteiger partial charge in [0.2, 0.25) is 11.8 Å². The Hall–Kier alpha value is -3.91. The van der Waals surface area contributed by atoms with Crippen molar-refractivity contribution in [3.05, 3.63) is 48.0 Å². The SMILES string of the molecule is CC1=NN(CCCS(=O)(=O)O)C(=CC=CC2=Nc3c(ccc[n+]3CCCCCC(=O)ON3C(=O)CCC3=O)C2(C)C)O1. The molecule has 0 aliphatic carbocycles. The topological polar surface area (TPSA) is 159 Å². The van der Waals surface area contributed by atoms with Crippen LogP contribution in [0.15, 0.2) is 52.5 Å². The molecule has 1 saturated heterocycles. The van der Waals surface area contributed by atoms with Crippen LogP contribution in [0.1, 0.15) is 71.3 Å². The molecule has 226 valence electrons. The molecular weight excluding hydrogens is 566 g/mol. The van der Waals surface area contributed by atoms with Crippen LogP contribution in [0.3, 0.4) is 0 Å². The number of unbranched alkanes of at least 4 members (excludes halogenated alkanes) is 2. The van der Waals surface area contributed by atoms with Crippen molar-refractivity contribution in [2.45, 2.75) is 77.7 Å². The van der Waals surface area contributed by atoms with Crippen molar-refractivity contribution in [2.24, 2.45) is 10.1 Å². The minimum absolute atomic E-state index is 0.0723. The summed E-state index contributed by atoms with van der Waals surface area (Å²) >= 11 is 0. The number of fused-ring (bicyclic) bond motifs is 1. The van der Waals surface area contributed by atoms with E-state index in [0.29, 0.717) is 29.8 Å². The quantitative estimate of drug-likeness (QED) is 0.155. The lowest BCUT2D eigenvalue weighted by Gasteiger charge is -2.16. The van der Waals surface area contributed by atoms with Gasteiger partial charge in [-0.05, 0) is 62.7 Å². The number of aromatic nitrogens is 1. The average Bonchev–Trinajstić information content (AvgIpc) is 3.51. The number of nitrogens with zero attached hydrogens (tertiary/aromatic N) is 5. The Morgan fingerprint density at radius 1 is 1.19 bits per heavy atom. The summed E-state index contributed by atoms with van der Waals surface area (Å²) in [6, 6.07) is 4.04. The Morgan fingerprint density at radius 2 is 1.93 bits per heavy atom. The van der Waals surface area contributed by atoms with Crippen LogP contribution in [0.25, 0.3) is 0 Å². The van der Waals surface area contributed by atoms with E-state index in [1.807, 2.05) is 24.4 Å². The highest BCUT2D eigenvalue weighted by Gasteiger charge is 2.42. The maximum absolute atomic E-state index is 12.0. The summed E-state index contributed by atoms with van der Waals surface area (Å²) in [5, 5.41) is 6.39. The molecule has 3 aliphatic rings. The predicted octanol–water partition coefficient (Wildman–Crippen LogP) is 2.85. The van der Waals surface area contributed by atoms with Gasteiger partial charge in [-0.3, -0.25) is 14.1 Å². The van der Waals surface area contributed by atoms with Crippen LogP contribution in [-0.4, -0.2) is 64.7 Å². The third kappa shape index (κ3) is 7.68. The van der Waals surface area contributed by atoms with E-state index in [2.05, 4.69) is 29.6 Å². The molecule has 13 nitrogen and oxygen atoms in total. The summed E-state index contributed by atoms with van der Waals surface area (Å²) in [7, 11) is -4.05. The molecular formula is C28H36N5O8S+. The number of hydrogen-bond acceptors (Lipinski definition) is 10. The maximum Gasteiger partial charge on any atom is 0.333 e. The summed E-state index contributed by atoms with van der Waals surface area (Å²) in [5.41, 5.74) is 1.60. The van der Waals surface area contributed by atoms with Crippen LogP contribution in [0.2, 0.25) is 0 Å². The standard InChI is InChI=1S/C28H35N5O8S/c1-20-30-32(18-9-19-42(37,38)39)25(40-20)12-7-11-22-28(2,3)21-10-8-17-31(27(21)29-22)16-6-4-5-13-26(36)41-33-23(34)14-15-24(33)35/h7-8,10-12,17H,4-6,9,13-16,18-19H2,1-3H3/p+1. The molecule has 0 saturated carbocycles. The molecule has 1 N–H and O–H groups in total. The molecule has 1 aromatic rings. The summed E-state index contributed by atoms with van der Waals surface area (Å²) in [6.45, 7) is 6.87. The Bertz CT molecular complexity index is 1460. The maximum atomic E-state index is 12.0. The van der Waals surface area contributed by atoms with Gasteiger partial charge in [-0.25, -0.2) is 14.4 Å². The molecule has 4 rings (SSSR count). The van der Waals surface area contributed by atoms with E-state index in [9.17, 15) is 22.8 Å². The molecule has 0 unspecified atom stereocenters. The van der Waals surface area contributed by atoms with Gasteiger partial charge in [0, 0.05) is 38.8 Å². The van der Waals surface area contributed by atoms with E-state index in [4.69, 9.17) is 19.1 Å². The van der Waals surface area contributed by atoms with Crippen molar-refractivity contribution in [1.29, 1.82) is 0 Å². The fourth-order valence-corrected chi connectivity index (χ4v) is 5.34. The molecule has 0 aromatic carbocycles. The van der Waals surface area contributed by atoms with Crippen molar-refractivity contribution in [3.8, 4) is 0 Å². The van der Waals surface area contributed by atoms with E-state index in [1.54, 1.807) is 18.0 Å². The zero-order valence-corrected chi connectivity index (χ0v) is 24.8. The molecule has 0 radical (unpaired) electrons. The molecule has 1 aromatic heterocycles. The van der Waals surface area contributed by atoms with Crippen LogP contribution >= 0.6 is 0 Å². The molecule has 1 fully saturated rings.